The highest BCUT2D eigenvalue weighted by Crippen LogP contribution is 2.29. The largest absolute Gasteiger partial charge is 0.356 e. The Labute approximate surface area is 178 Å². The Hall–Kier alpha value is -2.48. The minimum Gasteiger partial charge on any atom is -0.356 e. The Bertz CT molecular complexity index is 1010. The molecule has 8 heteroatoms. The molecule has 3 heterocycles. The first kappa shape index (κ1) is 19.8. The smallest absolute Gasteiger partial charge is 0.263 e. The number of benzene rings is 1. The molecule has 152 valence electrons. The summed E-state index contributed by atoms with van der Waals surface area (Å²) in [7, 11) is 0. The third kappa shape index (κ3) is 4.75. The summed E-state index contributed by atoms with van der Waals surface area (Å²) < 4.78 is 6.36. The molecule has 0 spiro atoms. The fourth-order valence-corrected chi connectivity index (χ4v) is 4.05. The predicted molar refractivity (Wildman–Crippen MR) is 116 cm³/mol. The second-order valence-corrected chi connectivity index (χ2v) is 8.29. The summed E-state index contributed by atoms with van der Waals surface area (Å²) in [4.78, 5) is 24.0. The minimum atomic E-state index is -0.0723. The molecule has 1 aromatic carbocycles. The molecule has 0 aliphatic carbocycles. The van der Waals surface area contributed by atoms with Gasteiger partial charge in [-0.3, -0.25) is 4.79 Å². The number of aromatic nitrogens is 3. The molecule has 0 saturated carbocycles. The van der Waals surface area contributed by atoms with E-state index in [1.54, 1.807) is 0 Å². The standard InChI is InChI=1S/C21H24BrN5O2/c1-14-19-20(27-11-4-2-3-5-12-27)24-17(25-21(19)29-26-14)9-10-18(28)23-16-8-6-7-15(22)13-16/h6-8,13H,2-5,9-12H2,1H3,(H,23,28). The summed E-state index contributed by atoms with van der Waals surface area (Å²) >= 11 is 3.41. The molecule has 1 aliphatic rings. The molecular weight excluding hydrogens is 434 g/mol. The van der Waals surface area contributed by atoms with Crippen LogP contribution in [-0.4, -0.2) is 34.1 Å². The maximum atomic E-state index is 12.4. The Morgan fingerprint density at radius 2 is 2.00 bits per heavy atom. The lowest BCUT2D eigenvalue weighted by atomic mass is 10.2. The molecule has 1 fully saturated rings. The van der Waals surface area contributed by atoms with E-state index < -0.39 is 0 Å². The number of rotatable bonds is 5. The predicted octanol–water partition coefficient (Wildman–Crippen LogP) is 4.64. The molecular formula is C21H24BrN5O2. The van der Waals surface area contributed by atoms with E-state index in [0.717, 1.165) is 53.0 Å². The zero-order valence-corrected chi connectivity index (χ0v) is 18.0. The van der Waals surface area contributed by atoms with Crippen LogP contribution in [0.3, 0.4) is 0 Å². The molecule has 1 aliphatic heterocycles. The summed E-state index contributed by atoms with van der Waals surface area (Å²) in [5, 5.41) is 7.88. The highest BCUT2D eigenvalue weighted by Gasteiger charge is 2.21. The zero-order chi connectivity index (χ0) is 20.2. The van der Waals surface area contributed by atoms with Crippen molar-refractivity contribution in [2.24, 2.45) is 0 Å². The maximum Gasteiger partial charge on any atom is 0.263 e. The number of aryl methyl sites for hydroxylation is 2. The first-order valence-corrected chi connectivity index (χ1v) is 10.8. The number of nitrogens with zero attached hydrogens (tertiary/aromatic N) is 4. The van der Waals surface area contributed by atoms with Crippen LogP contribution in [0.1, 0.15) is 43.6 Å². The van der Waals surface area contributed by atoms with Gasteiger partial charge >= 0.3 is 0 Å². The molecule has 1 amide bonds. The molecule has 4 rings (SSSR count). The van der Waals surface area contributed by atoms with Crippen molar-refractivity contribution >= 4 is 44.4 Å². The average molecular weight is 458 g/mol. The number of nitrogens with one attached hydrogen (secondary N) is 1. The van der Waals surface area contributed by atoms with Crippen LogP contribution in [0.4, 0.5) is 11.5 Å². The zero-order valence-electron chi connectivity index (χ0n) is 16.4. The Balaban J connectivity index is 1.52. The fourth-order valence-electron chi connectivity index (χ4n) is 3.65. The summed E-state index contributed by atoms with van der Waals surface area (Å²) in [6, 6.07) is 7.54. The quantitative estimate of drug-likeness (QED) is 0.600. The SMILES string of the molecule is Cc1noc2nc(CCC(=O)Nc3cccc(Br)c3)nc(N3CCCCCC3)c12. The number of hydrogen-bond donors (Lipinski definition) is 1. The molecule has 1 saturated heterocycles. The topological polar surface area (TPSA) is 84.1 Å². The van der Waals surface area contributed by atoms with Crippen LogP contribution in [0, 0.1) is 6.92 Å². The molecule has 0 unspecified atom stereocenters. The summed E-state index contributed by atoms with van der Waals surface area (Å²) in [5.74, 6) is 1.42. The van der Waals surface area contributed by atoms with Crippen molar-refractivity contribution < 1.29 is 9.32 Å². The molecule has 0 atom stereocenters. The van der Waals surface area contributed by atoms with Gasteiger partial charge in [-0.2, -0.15) is 4.98 Å². The van der Waals surface area contributed by atoms with Gasteiger partial charge in [-0.1, -0.05) is 40.0 Å². The van der Waals surface area contributed by atoms with E-state index in [-0.39, 0.29) is 5.91 Å². The first-order valence-electron chi connectivity index (χ1n) is 10.0. The summed E-state index contributed by atoms with van der Waals surface area (Å²) in [6.45, 7) is 3.86. The molecule has 3 aromatic rings. The minimum absolute atomic E-state index is 0.0723. The van der Waals surface area contributed by atoms with Crippen LogP contribution in [-0.2, 0) is 11.2 Å². The Morgan fingerprint density at radius 1 is 1.21 bits per heavy atom. The van der Waals surface area contributed by atoms with Gasteiger partial charge in [0.1, 0.15) is 17.0 Å². The highest BCUT2D eigenvalue weighted by molar-refractivity contribution is 9.10. The molecule has 0 radical (unpaired) electrons. The van der Waals surface area contributed by atoms with Crippen LogP contribution >= 0.6 is 15.9 Å². The van der Waals surface area contributed by atoms with E-state index in [0.29, 0.717) is 24.4 Å². The van der Waals surface area contributed by atoms with Gasteiger partial charge in [0.05, 0.1) is 5.69 Å². The highest BCUT2D eigenvalue weighted by atomic mass is 79.9. The number of halogens is 1. The Morgan fingerprint density at radius 3 is 2.76 bits per heavy atom. The molecule has 0 bridgehead atoms. The van der Waals surface area contributed by atoms with Crippen LogP contribution in [0.5, 0.6) is 0 Å². The van der Waals surface area contributed by atoms with E-state index in [1.807, 2.05) is 31.2 Å². The van der Waals surface area contributed by atoms with Gasteiger partial charge < -0.3 is 14.7 Å². The van der Waals surface area contributed by atoms with E-state index >= 15 is 0 Å². The van der Waals surface area contributed by atoms with Gasteiger partial charge in [-0.25, -0.2) is 4.98 Å². The van der Waals surface area contributed by atoms with Crippen molar-refractivity contribution in [2.45, 2.75) is 45.4 Å². The fraction of sp³-hybridized carbons (Fsp3) is 0.429. The number of amides is 1. The lowest BCUT2D eigenvalue weighted by Gasteiger charge is -2.22. The first-order chi connectivity index (χ1) is 14.1. The van der Waals surface area contributed by atoms with Crippen molar-refractivity contribution in [3.8, 4) is 0 Å². The normalized spacial score (nSPS) is 14.8. The lowest BCUT2D eigenvalue weighted by Crippen LogP contribution is -2.26. The lowest BCUT2D eigenvalue weighted by molar-refractivity contribution is -0.116. The van der Waals surface area contributed by atoms with E-state index in [4.69, 9.17) is 9.51 Å². The Kier molecular flexibility index (Phi) is 6.08. The number of fused-ring (bicyclic) bond motifs is 1. The monoisotopic (exact) mass is 457 g/mol. The molecule has 1 N–H and O–H groups in total. The van der Waals surface area contributed by atoms with Crippen molar-refractivity contribution in [3.05, 3.63) is 40.3 Å². The summed E-state index contributed by atoms with van der Waals surface area (Å²) in [5.41, 5.74) is 2.06. The third-order valence-corrected chi connectivity index (χ3v) is 5.62. The van der Waals surface area contributed by atoms with Gasteiger partial charge in [0, 0.05) is 36.1 Å². The molecule has 29 heavy (non-hydrogen) atoms. The van der Waals surface area contributed by atoms with Crippen molar-refractivity contribution in [2.75, 3.05) is 23.3 Å². The van der Waals surface area contributed by atoms with Gasteiger partial charge in [0.15, 0.2) is 0 Å². The summed E-state index contributed by atoms with van der Waals surface area (Å²) in [6.07, 6.45) is 5.54. The van der Waals surface area contributed by atoms with E-state index in [9.17, 15) is 4.79 Å². The van der Waals surface area contributed by atoms with Gasteiger partial charge in [-0.05, 0) is 38.0 Å². The van der Waals surface area contributed by atoms with E-state index in [1.165, 1.54) is 12.8 Å². The van der Waals surface area contributed by atoms with Crippen LogP contribution in [0.25, 0.3) is 11.1 Å². The van der Waals surface area contributed by atoms with Crippen LogP contribution in [0.15, 0.2) is 33.3 Å². The van der Waals surface area contributed by atoms with Crippen molar-refractivity contribution in [1.82, 2.24) is 15.1 Å². The van der Waals surface area contributed by atoms with E-state index in [2.05, 4.69) is 36.3 Å². The van der Waals surface area contributed by atoms with Crippen LogP contribution < -0.4 is 10.2 Å². The van der Waals surface area contributed by atoms with Crippen LogP contribution in [0.2, 0.25) is 0 Å². The second kappa shape index (κ2) is 8.90. The molecule has 2 aromatic heterocycles. The number of carbonyl (C=O) groups excluding carboxylic acids is 1. The number of hydrogen-bond acceptors (Lipinski definition) is 6. The number of carbonyl (C=O) groups is 1. The van der Waals surface area contributed by atoms with Crippen molar-refractivity contribution in [1.29, 1.82) is 0 Å². The maximum absolute atomic E-state index is 12.4. The number of anilines is 2. The average Bonchev–Trinajstić information content (AvgIpc) is 2.91. The third-order valence-electron chi connectivity index (χ3n) is 5.12. The van der Waals surface area contributed by atoms with Gasteiger partial charge in [0.2, 0.25) is 5.91 Å². The van der Waals surface area contributed by atoms with Gasteiger partial charge in [0.25, 0.3) is 5.71 Å². The second-order valence-electron chi connectivity index (χ2n) is 7.37. The molecule has 7 nitrogen and oxygen atoms in total. The van der Waals surface area contributed by atoms with Crippen molar-refractivity contribution in [3.63, 3.8) is 0 Å². The van der Waals surface area contributed by atoms with Gasteiger partial charge in [-0.15, -0.1) is 0 Å².